The largest absolute Gasteiger partial charge is 0.494 e. The summed E-state index contributed by atoms with van der Waals surface area (Å²) in [4.78, 5) is 23.5. The van der Waals surface area contributed by atoms with Gasteiger partial charge in [-0.05, 0) is 43.2 Å². The molecule has 1 heterocycles. The maximum atomic E-state index is 13.1. The fourth-order valence-corrected chi connectivity index (χ4v) is 6.53. The Morgan fingerprint density at radius 2 is 1.86 bits per heavy atom. The Morgan fingerprint density at radius 3 is 2.49 bits per heavy atom. The lowest BCUT2D eigenvalue weighted by molar-refractivity contribution is -0.119. The number of rotatable bonds is 7. The van der Waals surface area contributed by atoms with E-state index in [1.165, 1.54) is 7.11 Å². The van der Waals surface area contributed by atoms with Crippen LogP contribution in [-0.4, -0.2) is 68.4 Å². The van der Waals surface area contributed by atoms with Crippen LogP contribution in [0.4, 0.5) is 0 Å². The van der Waals surface area contributed by atoms with Crippen LogP contribution in [0.3, 0.4) is 0 Å². The van der Waals surface area contributed by atoms with E-state index in [-0.39, 0.29) is 23.8 Å². The lowest BCUT2D eigenvalue weighted by Crippen LogP contribution is -2.29. The molecule has 9 nitrogen and oxygen atoms in total. The number of fused-ring (bicyclic) bond motifs is 2. The van der Waals surface area contributed by atoms with Crippen LogP contribution in [0.25, 0.3) is 0 Å². The molecule has 0 spiro atoms. The Hall–Kier alpha value is -2.69. The van der Waals surface area contributed by atoms with Gasteiger partial charge >= 0.3 is 0 Å². The number of ether oxygens (including phenoxy) is 4. The van der Waals surface area contributed by atoms with Gasteiger partial charge < -0.3 is 23.7 Å². The normalized spacial score (nSPS) is 25.2. The van der Waals surface area contributed by atoms with Crippen LogP contribution >= 0.6 is 0 Å². The molecule has 0 fully saturated rings. The van der Waals surface area contributed by atoms with Crippen molar-refractivity contribution in [1.29, 1.82) is 0 Å². The van der Waals surface area contributed by atoms with Gasteiger partial charge in [0.1, 0.15) is 6.10 Å². The highest BCUT2D eigenvalue weighted by atomic mass is 28.4. The number of Topliss-reactive ketones (excluding diaryl/α,β-unsaturated/α-hetero) is 1. The molecule has 3 aliphatic carbocycles. The van der Waals surface area contributed by atoms with Crippen molar-refractivity contribution < 1.29 is 28.5 Å². The third-order valence-corrected chi connectivity index (χ3v) is 8.21. The highest BCUT2D eigenvalue weighted by Gasteiger charge is 2.41. The predicted molar refractivity (Wildman–Crippen MR) is 131 cm³/mol. The number of ketones is 1. The van der Waals surface area contributed by atoms with E-state index in [4.69, 9.17) is 18.9 Å². The smallest absolute Gasteiger partial charge is 0.198 e. The topological polar surface area (TPSA) is 105 Å². The number of carbonyl (C=O) groups is 1. The molecule has 190 valence electrons. The van der Waals surface area contributed by atoms with E-state index in [1.54, 1.807) is 27.4 Å². The van der Waals surface area contributed by atoms with Crippen molar-refractivity contribution in [3.05, 3.63) is 58.0 Å². The zero-order valence-electron chi connectivity index (χ0n) is 21.3. The second-order valence-corrected chi connectivity index (χ2v) is 13.8. The molecule has 1 unspecified atom stereocenters. The molecule has 0 amide bonds. The number of aromatic nitrogens is 3. The standard InChI is InChI=1S/C25H35N3O6Si/c1-31-22-10-8-16-18-12-23(32-2)25(34-4)24(33-3)17(18)7-9-20(19(16)11-21(22)29)28-13-15(26-27-28)14-35(5,6)30/h8,10,13,19-20,23,30H,7,9,11-12,14H2,1-6H3/t19?,20-,23+/m0/s1. The molecule has 4 rings (SSSR count). The number of hydrogen-bond donors (Lipinski definition) is 1. The summed E-state index contributed by atoms with van der Waals surface area (Å²) < 4.78 is 24.6. The van der Waals surface area contributed by atoms with Gasteiger partial charge in [0.25, 0.3) is 0 Å². The maximum Gasteiger partial charge on any atom is 0.198 e. The zero-order valence-corrected chi connectivity index (χ0v) is 22.3. The Labute approximate surface area is 207 Å². The third-order valence-electron chi connectivity index (χ3n) is 6.98. The minimum Gasteiger partial charge on any atom is -0.494 e. The van der Waals surface area contributed by atoms with Crippen molar-refractivity contribution >= 4 is 14.1 Å². The number of nitrogens with zero attached hydrogens (tertiary/aromatic N) is 3. The van der Waals surface area contributed by atoms with Crippen LogP contribution in [-0.2, 0) is 29.8 Å². The third kappa shape index (κ3) is 5.00. The SMILES string of the molecule is COC1=CC=C2C3=C(CC[C@H](n4cc(C[Si](C)(C)O)nn4)C2CC1=O)C(OC)=C(OC)[C@H](OC)C3. The molecule has 0 radical (unpaired) electrons. The van der Waals surface area contributed by atoms with E-state index in [2.05, 4.69) is 10.3 Å². The molecule has 10 heteroatoms. The quantitative estimate of drug-likeness (QED) is 0.568. The fourth-order valence-electron chi connectivity index (χ4n) is 5.48. The van der Waals surface area contributed by atoms with Crippen LogP contribution in [0.2, 0.25) is 13.1 Å². The van der Waals surface area contributed by atoms with E-state index >= 15 is 0 Å². The van der Waals surface area contributed by atoms with Crippen molar-refractivity contribution in [2.24, 2.45) is 5.92 Å². The summed E-state index contributed by atoms with van der Waals surface area (Å²) in [6, 6.07) is 0.426. The Bertz CT molecular complexity index is 1110. The highest BCUT2D eigenvalue weighted by Crippen LogP contribution is 2.48. The van der Waals surface area contributed by atoms with E-state index in [9.17, 15) is 9.59 Å². The van der Waals surface area contributed by atoms with Gasteiger partial charge in [-0.2, -0.15) is 0 Å². The number of hydrogen-bond acceptors (Lipinski definition) is 8. The van der Waals surface area contributed by atoms with Crippen LogP contribution in [0.15, 0.2) is 52.3 Å². The average molecular weight is 502 g/mol. The first-order valence-corrected chi connectivity index (χ1v) is 15.1. The Balaban J connectivity index is 1.82. The number of allylic oxidation sites excluding steroid dienone is 5. The fraction of sp³-hybridized carbons (Fsp3) is 0.560. The monoisotopic (exact) mass is 501 g/mol. The van der Waals surface area contributed by atoms with Gasteiger partial charge in [-0.1, -0.05) is 11.3 Å². The van der Waals surface area contributed by atoms with E-state index in [0.717, 1.165) is 35.3 Å². The highest BCUT2D eigenvalue weighted by molar-refractivity contribution is 6.69. The average Bonchev–Trinajstić information content (AvgIpc) is 3.12. The van der Waals surface area contributed by atoms with E-state index in [0.29, 0.717) is 36.2 Å². The van der Waals surface area contributed by atoms with Crippen molar-refractivity contribution in [1.82, 2.24) is 15.0 Å². The summed E-state index contributed by atoms with van der Waals surface area (Å²) >= 11 is 0. The molecular weight excluding hydrogens is 466 g/mol. The number of carbonyl (C=O) groups excluding carboxylic acids is 1. The summed E-state index contributed by atoms with van der Waals surface area (Å²) in [7, 11) is 4.13. The number of methoxy groups -OCH3 is 4. The van der Waals surface area contributed by atoms with E-state index < -0.39 is 8.32 Å². The first-order chi connectivity index (χ1) is 16.7. The first kappa shape index (κ1) is 25.4. The van der Waals surface area contributed by atoms with Crippen LogP contribution in [0.5, 0.6) is 0 Å². The first-order valence-electron chi connectivity index (χ1n) is 11.9. The lowest BCUT2D eigenvalue weighted by Gasteiger charge is -2.31. The zero-order chi connectivity index (χ0) is 25.3. The molecule has 0 aromatic carbocycles. The molecule has 1 N–H and O–H groups in total. The Morgan fingerprint density at radius 1 is 1.09 bits per heavy atom. The summed E-state index contributed by atoms with van der Waals surface area (Å²) in [5, 5.41) is 8.80. The van der Waals surface area contributed by atoms with E-state index in [1.807, 2.05) is 30.0 Å². The van der Waals surface area contributed by atoms with Crippen LogP contribution < -0.4 is 0 Å². The van der Waals surface area contributed by atoms with Gasteiger partial charge in [0, 0.05) is 43.7 Å². The van der Waals surface area contributed by atoms with Gasteiger partial charge in [-0.15, -0.1) is 5.10 Å². The molecule has 0 saturated carbocycles. The minimum atomic E-state index is -2.34. The second kappa shape index (κ2) is 10.1. The van der Waals surface area contributed by atoms with Crippen molar-refractivity contribution in [2.45, 2.75) is 57.0 Å². The molecule has 0 aliphatic heterocycles. The second-order valence-electron chi connectivity index (χ2n) is 9.86. The van der Waals surface area contributed by atoms with Crippen molar-refractivity contribution in [3.8, 4) is 0 Å². The molecule has 1 aromatic heterocycles. The van der Waals surface area contributed by atoms with Gasteiger partial charge in [0.15, 0.2) is 31.4 Å². The molecule has 1 aromatic rings. The van der Waals surface area contributed by atoms with Crippen molar-refractivity contribution in [2.75, 3.05) is 28.4 Å². The van der Waals surface area contributed by atoms with Gasteiger partial charge in [0.05, 0.1) is 33.1 Å². The molecule has 0 bridgehead atoms. The summed E-state index contributed by atoms with van der Waals surface area (Å²) in [6.45, 7) is 3.77. The van der Waals surface area contributed by atoms with Gasteiger partial charge in [0.2, 0.25) is 0 Å². The molecular formula is C25H35N3O6Si. The lowest BCUT2D eigenvalue weighted by atomic mass is 9.80. The van der Waals surface area contributed by atoms with Gasteiger partial charge in [-0.25, -0.2) is 4.68 Å². The summed E-state index contributed by atoms with van der Waals surface area (Å²) in [6.07, 6.45) is 7.78. The molecule has 3 aliphatic rings. The minimum absolute atomic E-state index is 0.0405. The molecule has 35 heavy (non-hydrogen) atoms. The molecule has 0 saturated heterocycles. The maximum absolute atomic E-state index is 13.1. The van der Waals surface area contributed by atoms with Crippen LogP contribution in [0, 0.1) is 5.92 Å². The van der Waals surface area contributed by atoms with Gasteiger partial charge in [-0.3, -0.25) is 4.79 Å². The summed E-state index contributed by atoms with van der Waals surface area (Å²) in [5.74, 6) is 1.55. The van der Waals surface area contributed by atoms with Crippen molar-refractivity contribution in [3.63, 3.8) is 0 Å². The predicted octanol–water partition coefficient (Wildman–Crippen LogP) is 3.16. The van der Waals surface area contributed by atoms with Crippen LogP contribution in [0.1, 0.15) is 37.4 Å². The molecule has 3 atom stereocenters. The summed E-state index contributed by atoms with van der Waals surface area (Å²) in [5.41, 5.74) is 4.02. The Kier molecular flexibility index (Phi) is 7.34.